The number of allylic oxidation sites excluding steroid dienone is 2. The van der Waals surface area contributed by atoms with Gasteiger partial charge in [-0.05, 0) is 6.92 Å². The Morgan fingerprint density at radius 1 is 1.64 bits per heavy atom. The van der Waals surface area contributed by atoms with Gasteiger partial charge in [0.15, 0.2) is 0 Å². The van der Waals surface area contributed by atoms with Gasteiger partial charge in [-0.3, -0.25) is 0 Å². The molecule has 0 aromatic carbocycles. The highest BCUT2D eigenvalue weighted by atomic mass is 15.3. The van der Waals surface area contributed by atoms with E-state index in [1.165, 1.54) is 0 Å². The maximum absolute atomic E-state index is 4.33. The third-order valence-electron chi connectivity index (χ3n) is 1.92. The highest BCUT2D eigenvalue weighted by Gasteiger charge is 2.14. The second kappa shape index (κ2) is 2.19. The highest BCUT2D eigenvalue weighted by Crippen LogP contribution is 2.18. The predicted octanol–water partition coefficient (Wildman–Crippen LogP) is 1.26. The molecule has 3 nitrogen and oxygen atoms in total. The van der Waals surface area contributed by atoms with E-state index in [9.17, 15) is 0 Å². The van der Waals surface area contributed by atoms with Crippen LogP contribution < -0.4 is 0 Å². The Kier molecular flexibility index (Phi) is 1.31. The standard InChI is InChI=1S/C8H11N3/c1-6-4-3-5-11-8(6)9-7(2)10-11/h3-4,6H,5H2,1-2H3. The number of hydrogen-bond donors (Lipinski definition) is 0. The molecule has 1 aromatic heterocycles. The van der Waals surface area contributed by atoms with Crippen LogP contribution in [0.25, 0.3) is 0 Å². The molecule has 0 spiro atoms. The van der Waals surface area contributed by atoms with Crippen molar-refractivity contribution in [2.45, 2.75) is 26.3 Å². The molecule has 0 saturated carbocycles. The van der Waals surface area contributed by atoms with Crippen molar-refractivity contribution in [2.75, 3.05) is 0 Å². The number of nitrogens with zero attached hydrogens (tertiary/aromatic N) is 3. The van der Waals surface area contributed by atoms with Gasteiger partial charge in [0, 0.05) is 5.92 Å². The minimum absolute atomic E-state index is 0.421. The largest absolute Gasteiger partial charge is 0.245 e. The van der Waals surface area contributed by atoms with Crippen LogP contribution in [-0.2, 0) is 6.54 Å². The zero-order valence-corrected chi connectivity index (χ0v) is 6.78. The van der Waals surface area contributed by atoms with Crippen molar-refractivity contribution in [3.63, 3.8) is 0 Å². The Bertz CT molecular complexity index is 298. The number of aromatic nitrogens is 3. The van der Waals surface area contributed by atoms with Gasteiger partial charge in [0.05, 0.1) is 6.54 Å². The van der Waals surface area contributed by atoms with Crippen LogP contribution in [0.4, 0.5) is 0 Å². The van der Waals surface area contributed by atoms with Gasteiger partial charge in [-0.1, -0.05) is 19.1 Å². The van der Waals surface area contributed by atoms with Crippen LogP contribution in [0, 0.1) is 6.92 Å². The first-order valence-corrected chi connectivity index (χ1v) is 3.85. The van der Waals surface area contributed by atoms with Crippen LogP contribution in [0.1, 0.15) is 24.5 Å². The second-order valence-electron chi connectivity index (χ2n) is 2.92. The fraction of sp³-hybridized carbons (Fsp3) is 0.500. The Hall–Kier alpha value is -1.12. The van der Waals surface area contributed by atoms with E-state index in [1.54, 1.807) is 0 Å². The molecular weight excluding hydrogens is 138 g/mol. The van der Waals surface area contributed by atoms with Gasteiger partial charge in [-0.2, -0.15) is 5.10 Å². The summed E-state index contributed by atoms with van der Waals surface area (Å²) in [5, 5.41) is 4.26. The molecule has 0 saturated heterocycles. The fourth-order valence-corrected chi connectivity index (χ4v) is 1.39. The molecule has 0 N–H and O–H groups in total. The van der Waals surface area contributed by atoms with E-state index < -0.39 is 0 Å². The molecule has 2 rings (SSSR count). The summed E-state index contributed by atoms with van der Waals surface area (Å²) in [5.41, 5.74) is 0. The molecule has 0 radical (unpaired) electrons. The van der Waals surface area contributed by atoms with Crippen molar-refractivity contribution in [1.29, 1.82) is 0 Å². The minimum atomic E-state index is 0.421. The van der Waals surface area contributed by atoms with Crippen molar-refractivity contribution < 1.29 is 0 Å². The van der Waals surface area contributed by atoms with E-state index in [4.69, 9.17) is 0 Å². The molecule has 1 atom stereocenters. The minimum Gasteiger partial charge on any atom is -0.245 e. The quantitative estimate of drug-likeness (QED) is 0.520. The number of rotatable bonds is 0. The average molecular weight is 149 g/mol. The number of aryl methyl sites for hydroxylation is 1. The summed E-state index contributed by atoms with van der Waals surface area (Å²) in [6.07, 6.45) is 4.30. The number of fused-ring (bicyclic) bond motifs is 1. The lowest BCUT2D eigenvalue weighted by Crippen LogP contribution is -2.10. The van der Waals surface area contributed by atoms with Crippen molar-refractivity contribution in [3.05, 3.63) is 23.8 Å². The van der Waals surface area contributed by atoms with Crippen LogP contribution in [-0.4, -0.2) is 14.8 Å². The van der Waals surface area contributed by atoms with Crippen molar-refractivity contribution >= 4 is 0 Å². The van der Waals surface area contributed by atoms with E-state index in [2.05, 4.69) is 29.2 Å². The zero-order chi connectivity index (χ0) is 7.84. The van der Waals surface area contributed by atoms with E-state index in [1.807, 2.05) is 11.6 Å². The van der Waals surface area contributed by atoms with Gasteiger partial charge < -0.3 is 0 Å². The van der Waals surface area contributed by atoms with E-state index in [0.29, 0.717) is 5.92 Å². The molecule has 0 amide bonds. The van der Waals surface area contributed by atoms with Crippen LogP contribution in [0.2, 0.25) is 0 Å². The van der Waals surface area contributed by atoms with Crippen molar-refractivity contribution in [2.24, 2.45) is 0 Å². The van der Waals surface area contributed by atoms with Gasteiger partial charge in [0.2, 0.25) is 0 Å². The molecule has 3 heteroatoms. The monoisotopic (exact) mass is 149 g/mol. The maximum atomic E-state index is 4.33. The van der Waals surface area contributed by atoms with Gasteiger partial charge >= 0.3 is 0 Å². The molecule has 11 heavy (non-hydrogen) atoms. The van der Waals surface area contributed by atoms with Gasteiger partial charge in [-0.25, -0.2) is 9.67 Å². The van der Waals surface area contributed by atoms with E-state index in [0.717, 1.165) is 18.2 Å². The predicted molar refractivity (Wildman–Crippen MR) is 42.3 cm³/mol. The summed E-state index contributed by atoms with van der Waals surface area (Å²) in [4.78, 5) is 4.33. The molecule has 0 aliphatic carbocycles. The van der Waals surface area contributed by atoms with Crippen LogP contribution in [0.3, 0.4) is 0 Å². The molecule has 1 unspecified atom stereocenters. The molecule has 2 heterocycles. The van der Waals surface area contributed by atoms with Crippen LogP contribution in [0.15, 0.2) is 12.2 Å². The summed E-state index contributed by atoms with van der Waals surface area (Å²) in [6, 6.07) is 0. The first-order valence-electron chi connectivity index (χ1n) is 3.85. The maximum Gasteiger partial charge on any atom is 0.147 e. The lowest BCUT2D eigenvalue weighted by atomic mass is 10.1. The first-order chi connectivity index (χ1) is 5.27. The topological polar surface area (TPSA) is 30.7 Å². The lowest BCUT2D eigenvalue weighted by molar-refractivity contribution is 0.609. The third-order valence-corrected chi connectivity index (χ3v) is 1.92. The van der Waals surface area contributed by atoms with Gasteiger partial charge in [-0.15, -0.1) is 0 Å². The summed E-state index contributed by atoms with van der Waals surface area (Å²) in [7, 11) is 0. The molecule has 1 aliphatic rings. The normalized spacial score (nSPS) is 21.8. The average Bonchev–Trinajstić information content (AvgIpc) is 2.31. The Balaban J connectivity index is 2.49. The molecule has 58 valence electrons. The summed E-state index contributed by atoms with van der Waals surface area (Å²) in [6.45, 7) is 4.94. The summed E-state index contributed by atoms with van der Waals surface area (Å²) < 4.78 is 1.96. The molecular formula is C8H11N3. The van der Waals surface area contributed by atoms with Gasteiger partial charge in [0.1, 0.15) is 11.6 Å². The molecule has 1 aromatic rings. The molecule has 0 bridgehead atoms. The summed E-state index contributed by atoms with van der Waals surface area (Å²) >= 11 is 0. The van der Waals surface area contributed by atoms with Crippen LogP contribution in [0.5, 0.6) is 0 Å². The highest BCUT2D eigenvalue weighted by molar-refractivity contribution is 5.11. The fourth-order valence-electron chi connectivity index (χ4n) is 1.39. The molecule has 1 aliphatic heterocycles. The Morgan fingerprint density at radius 3 is 3.18 bits per heavy atom. The van der Waals surface area contributed by atoms with E-state index >= 15 is 0 Å². The SMILES string of the molecule is Cc1nc2n(n1)CC=CC2C. The van der Waals surface area contributed by atoms with Crippen molar-refractivity contribution in [3.8, 4) is 0 Å². The van der Waals surface area contributed by atoms with Crippen molar-refractivity contribution in [1.82, 2.24) is 14.8 Å². The Labute approximate surface area is 65.8 Å². The molecule has 0 fully saturated rings. The zero-order valence-electron chi connectivity index (χ0n) is 6.78. The number of hydrogen-bond acceptors (Lipinski definition) is 2. The third kappa shape index (κ3) is 0.964. The van der Waals surface area contributed by atoms with E-state index in [-0.39, 0.29) is 0 Å². The smallest absolute Gasteiger partial charge is 0.147 e. The Morgan fingerprint density at radius 2 is 2.45 bits per heavy atom. The second-order valence-corrected chi connectivity index (χ2v) is 2.92. The van der Waals surface area contributed by atoms with Gasteiger partial charge in [0.25, 0.3) is 0 Å². The van der Waals surface area contributed by atoms with Crippen LogP contribution >= 0.6 is 0 Å². The summed E-state index contributed by atoms with van der Waals surface area (Å²) in [5.74, 6) is 2.38. The first kappa shape index (κ1) is 6.58. The lowest BCUT2D eigenvalue weighted by Gasteiger charge is -2.11.